The van der Waals surface area contributed by atoms with Crippen molar-refractivity contribution in [2.45, 2.75) is 32.7 Å². The average molecular weight is 391 g/mol. The lowest BCUT2D eigenvalue weighted by molar-refractivity contribution is 0.00552. The quantitative estimate of drug-likeness (QED) is 0.791. The molecule has 0 saturated carbocycles. The molecule has 1 atom stereocenters. The maximum atomic E-state index is 13.1. The fraction of sp³-hybridized carbons (Fsp3) is 0.600. The molecule has 0 radical (unpaired) electrons. The fourth-order valence-corrected chi connectivity index (χ4v) is 4.49. The van der Waals surface area contributed by atoms with Crippen LogP contribution in [-0.4, -0.2) is 70.5 Å². The van der Waals surface area contributed by atoms with Gasteiger partial charge in [0.05, 0.1) is 18.2 Å². The fourth-order valence-electron chi connectivity index (χ4n) is 4.32. The van der Waals surface area contributed by atoms with E-state index in [2.05, 4.69) is 23.7 Å². The van der Waals surface area contributed by atoms with Crippen molar-refractivity contribution < 1.29 is 9.53 Å². The summed E-state index contributed by atoms with van der Waals surface area (Å²) in [5.74, 6) is -0.00533. The summed E-state index contributed by atoms with van der Waals surface area (Å²) in [6.07, 6.45) is 5.65. The number of hydrogen-bond acceptors (Lipinski definition) is 4. The number of likely N-dealkylation sites (tertiary alicyclic amines) is 1. The molecule has 0 unspecified atom stereocenters. The van der Waals surface area contributed by atoms with Crippen molar-refractivity contribution in [3.8, 4) is 0 Å². The summed E-state index contributed by atoms with van der Waals surface area (Å²) in [4.78, 5) is 22.1. The minimum atomic E-state index is -0.00533. The number of nitrogens with zero attached hydrogens (tertiary/aromatic N) is 4. The molecule has 4 heterocycles. The van der Waals surface area contributed by atoms with Crippen molar-refractivity contribution in [2.75, 3.05) is 39.4 Å². The topological polar surface area (TPSA) is 50.1 Å². The lowest BCUT2D eigenvalue weighted by Gasteiger charge is -2.44. The monoisotopic (exact) mass is 390 g/mol. The second-order valence-electron chi connectivity index (χ2n) is 8.19. The Morgan fingerprint density at radius 2 is 2.11 bits per heavy atom. The van der Waals surface area contributed by atoms with Gasteiger partial charge in [0, 0.05) is 50.0 Å². The molecule has 2 fully saturated rings. The van der Waals surface area contributed by atoms with E-state index in [4.69, 9.17) is 16.3 Å². The van der Waals surface area contributed by atoms with E-state index < -0.39 is 0 Å². The first-order chi connectivity index (χ1) is 13.0. The Kier molecular flexibility index (Phi) is 5.14. The van der Waals surface area contributed by atoms with Gasteiger partial charge < -0.3 is 14.0 Å². The highest BCUT2D eigenvalue weighted by molar-refractivity contribution is 6.30. The number of pyridine rings is 1. The molecule has 7 heteroatoms. The van der Waals surface area contributed by atoms with Crippen molar-refractivity contribution in [1.82, 2.24) is 19.2 Å². The molecule has 2 saturated heterocycles. The van der Waals surface area contributed by atoms with Crippen LogP contribution in [0, 0.1) is 5.41 Å². The summed E-state index contributed by atoms with van der Waals surface area (Å²) in [7, 11) is 0. The SMILES string of the molecule is CC(C)N1CCOC[C@]2(CCCN(C(=O)c3cn4cc(Cl)ccc4n3)C2)C1. The van der Waals surface area contributed by atoms with Crippen LogP contribution >= 0.6 is 11.6 Å². The summed E-state index contributed by atoms with van der Waals surface area (Å²) >= 11 is 6.05. The maximum absolute atomic E-state index is 13.1. The van der Waals surface area contributed by atoms with Gasteiger partial charge in [-0.2, -0.15) is 0 Å². The molecule has 0 bridgehead atoms. The Labute approximate surface area is 165 Å². The minimum Gasteiger partial charge on any atom is -0.379 e. The highest BCUT2D eigenvalue weighted by atomic mass is 35.5. The van der Waals surface area contributed by atoms with Crippen LogP contribution in [-0.2, 0) is 4.74 Å². The first-order valence-electron chi connectivity index (χ1n) is 9.71. The van der Waals surface area contributed by atoms with Gasteiger partial charge in [-0.3, -0.25) is 9.69 Å². The number of carbonyl (C=O) groups excluding carboxylic acids is 1. The van der Waals surface area contributed by atoms with Gasteiger partial charge >= 0.3 is 0 Å². The number of halogens is 1. The van der Waals surface area contributed by atoms with E-state index in [0.717, 1.165) is 57.9 Å². The van der Waals surface area contributed by atoms with Crippen molar-refractivity contribution in [2.24, 2.45) is 5.41 Å². The molecule has 27 heavy (non-hydrogen) atoms. The van der Waals surface area contributed by atoms with Crippen LogP contribution in [0.4, 0.5) is 0 Å². The molecule has 2 aromatic rings. The molecular weight excluding hydrogens is 364 g/mol. The predicted molar refractivity (Wildman–Crippen MR) is 105 cm³/mol. The zero-order valence-electron chi connectivity index (χ0n) is 16.0. The number of aromatic nitrogens is 2. The van der Waals surface area contributed by atoms with Gasteiger partial charge in [-0.05, 0) is 38.8 Å². The number of rotatable bonds is 2. The smallest absolute Gasteiger partial charge is 0.274 e. The van der Waals surface area contributed by atoms with Crippen LogP contribution in [0.2, 0.25) is 5.02 Å². The van der Waals surface area contributed by atoms with E-state index >= 15 is 0 Å². The van der Waals surface area contributed by atoms with Gasteiger partial charge in [0.15, 0.2) is 0 Å². The third-order valence-corrected chi connectivity index (χ3v) is 6.01. The molecule has 146 valence electrons. The van der Waals surface area contributed by atoms with E-state index in [1.54, 1.807) is 18.5 Å². The van der Waals surface area contributed by atoms with Crippen molar-refractivity contribution in [3.63, 3.8) is 0 Å². The average Bonchev–Trinajstić information content (AvgIpc) is 2.96. The van der Waals surface area contributed by atoms with E-state index in [1.807, 2.05) is 15.4 Å². The highest BCUT2D eigenvalue weighted by Gasteiger charge is 2.41. The lowest BCUT2D eigenvalue weighted by Crippen LogP contribution is -2.53. The molecule has 1 spiro atoms. The number of carbonyl (C=O) groups is 1. The Balaban J connectivity index is 1.55. The molecule has 6 nitrogen and oxygen atoms in total. The zero-order chi connectivity index (χ0) is 19.0. The van der Waals surface area contributed by atoms with Gasteiger partial charge in [0.1, 0.15) is 11.3 Å². The molecule has 4 rings (SSSR count). The standard InChI is InChI=1S/C20H27ClN4O2/c1-15(2)23-8-9-27-14-20(12-23)6-3-7-24(13-20)19(26)17-11-25-10-16(21)4-5-18(25)22-17/h4-5,10-11,15H,3,6-9,12-14H2,1-2H3/t20-/m1/s1. The van der Waals surface area contributed by atoms with Crippen LogP contribution < -0.4 is 0 Å². The number of fused-ring (bicyclic) bond motifs is 1. The number of amides is 1. The van der Waals surface area contributed by atoms with Crippen molar-refractivity contribution in [1.29, 1.82) is 0 Å². The minimum absolute atomic E-state index is 0.00533. The van der Waals surface area contributed by atoms with Gasteiger partial charge in [-0.15, -0.1) is 0 Å². The highest BCUT2D eigenvalue weighted by Crippen LogP contribution is 2.34. The van der Waals surface area contributed by atoms with Gasteiger partial charge in [-0.25, -0.2) is 4.98 Å². The number of imidazole rings is 1. The van der Waals surface area contributed by atoms with Crippen molar-refractivity contribution in [3.05, 3.63) is 35.2 Å². The van der Waals surface area contributed by atoms with Gasteiger partial charge in [-0.1, -0.05) is 11.6 Å². The summed E-state index contributed by atoms with van der Waals surface area (Å²) in [6, 6.07) is 4.10. The third-order valence-electron chi connectivity index (χ3n) is 5.78. The van der Waals surface area contributed by atoms with E-state index in [-0.39, 0.29) is 11.3 Å². The van der Waals surface area contributed by atoms with E-state index in [1.165, 1.54) is 0 Å². The van der Waals surface area contributed by atoms with E-state index in [9.17, 15) is 4.79 Å². The number of hydrogen-bond donors (Lipinski definition) is 0. The first-order valence-corrected chi connectivity index (χ1v) is 10.1. The molecule has 2 aliphatic rings. The third kappa shape index (κ3) is 3.84. The number of piperidine rings is 1. The summed E-state index contributed by atoms with van der Waals surface area (Å²) in [6.45, 7) is 9.39. The molecular formula is C20H27ClN4O2. The van der Waals surface area contributed by atoms with Crippen molar-refractivity contribution >= 4 is 23.2 Å². The Morgan fingerprint density at radius 1 is 1.26 bits per heavy atom. The second-order valence-corrected chi connectivity index (χ2v) is 8.62. The predicted octanol–water partition coefficient (Wildman–Crippen LogP) is 2.95. The Hall–Kier alpha value is -1.63. The lowest BCUT2D eigenvalue weighted by atomic mass is 9.79. The Bertz CT molecular complexity index is 836. The second kappa shape index (κ2) is 7.41. The molecule has 0 aromatic carbocycles. The molecule has 0 N–H and O–H groups in total. The van der Waals surface area contributed by atoms with Crippen LogP contribution in [0.5, 0.6) is 0 Å². The van der Waals surface area contributed by atoms with E-state index in [0.29, 0.717) is 16.8 Å². The molecule has 1 amide bonds. The Morgan fingerprint density at radius 3 is 2.93 bits per heavy atom. The van der Waals surface area contributed by atoms with Gasteiger partial charge in [0.25, 0.3) is 5.91 Å². The van der Waals surface area contributed by atoms with Crippen LogP contribution in [0.3, 0.4) is 0 Å². The zero-order valence-corrected chi connectivity index (χ0v) is 16.8. The van der Waals surface area contributed by atoms with Gasteiger partial charge in [0.2, 0.25) is 0 Å². The summed E-state index contributed by atoms with van der Waals surface area (Å²) in [5.41, 5.74) is 1.22. The first kappa shape index (κ1) is 18.7. The molecule has 2 aliphatic heterocycles. The maximum Gasteiger partial charge on any atom is 0.274 e. The molecule has 2 aromatic heterocycles. The summed E-state index contributed by atoms with van der Waals surface area (Å²) < 4.78 is 7.76. The number of ether oxygens (including phenoxy) is 1. The largest absolute Gasteiger partial charge is 0.379 e. The summed E-state index contributed by atoms with van der Waals surface area (Å²) in [5, 5.41) is 0.625. The molecule has 0 aliphatic carbocycles. The van der Waals surface area contributed by atoms with Crippen LogP contribution in [0.15, 0.2) is 24.5 Å². The van der Waals surface area contributed by atoms with Crippen LogP contribution in [0.25, 0.3) is 5.65 Å². The van der Waals surface area contributed by atoms with Crippen LogP contribution in [0.1, 0.15) is 37.2 Å². The normalized spacial score (nSPS) is 24.7.